The fourth-order valence-electron chi connectivity index (χ4n) is 3.15. The molecule has 1 aliphatic heterocycles. The lowest BCUT2D eigenvalue weighted by Crippen LogP contribution is -2.38. The Morgan fingerprint density at radius 3 is 2.73 bits per heavy atom. The van der Waals surface area contributed by atoms with Crippen molar-refractivity contribution in [3.05, 3.63) is 58.6 Å². The first kappa shape index (κ1) is 22.6. The number of carbonyl (C=O) groups is 2. The van der Waals surface area contributed by atoms with Crippen LogP contribution in [0.3, 0.4) is 0 Å². The molecule has 2 aromatic rings. The number of morpholine rings is 1. The van der Waals surface area contributed by atoms with Crippen molar-refractivity contribution in [2.75, 3.05) is 44.4 Å². The van der Waals surface area contributed by atoms with Crippen LogP contribution in [0.5, 0.6) is 0 Å². The van der Waals surface area contributed by atoms with Crippen molar-refractivity contribution < 1.29 is 14.3 Å². The first-order chi connectivity index (χ1) is 14.5. The van der Waals surface area contributed by atoms with Gasteiger partial charge < -0.3 is 15.4 Å². The zero-order chi connectivity index (χ0) is 21.3. The van der Waals surface area contributed by atoms with Crippen molar-refractivity contribution in [1.82, 2.24) is 10.2 Å². The minimum atomic E-state index is -0.226. The number of ether oxygens (including phenoxy) is 1. The van der Waals surface area contributed by atoms with Crippen LogP contribution in [-0.4, -0.2) is 55.8 Å². The molecule has 0 spiro atoms. The van der Waals surface area contributed by atoms with E-state index in [0.717, 1.165) is 49.0 Å². The van der Waals surface area contributed by atoms with Gasteiger partial charge in [-0.05, 0) is 42.2 Å². The lowest BCUT2D eigenvalue weighted by Gasteiger charge is -2.26. The van der Waals surface area contributed by atoms with Gasteiger partial charge in [0.25, 0.3) is 5.91 Å². The van der Waals surface area contributed by atoms with E-state index in [0.29, 0.717) is 23.6 Å². The fraction of sp³-hybridized carbons (Fsp3) is 0.364. The largest absolute Gasteiger partial charge is 0.379 e. The Labute approximate surface area is 186 Å². The average molecular weight is 448 g/mol. The van der Waals surface area contributed by atoms with Crippen LogP contribution in [0.4, 0.5) is 5.69 Å². The van der Waals surface area contributed by atoms with Crippen molar-refractivity contribution in [1.29, 1.82) is 0 Å². The Bertz CT molecular complexity index is 888. The second kappa shape index (κ2) is 11.4. The lowest BCUT2D eigenvalue weighted by molar-refractivity contribution is -0.116. The van der Waals surface area contributed by atoms with Crippen molar-refractivity contribution >= 4 is 40.9 Å². The van der Waals surface area contributed by atoms with E-state index in [1.165, 1.54) is 0 Å². The summed E-state index contributed by atoms with van der Waals surface area (Å²) < 4.78 is 5.32. The zero-order valence-corrected chi connectivity index (χ0v) is 18.5. The van der Waals surface area contributed by atoms with Crippen LogP contribution in [0.1, 0.15) is 22.3 Å². The Morgan fingerprint density at radius 1 is 1.17 bits per heavy atom. The van der Waals surface area contributed by atoms with Gasteiger partial charge in [0.1, 0.15) is 0 Å². The molecular formula is C22H26ClN3O3S. The zero-order valence-electron chi connectivity index (χ0n) is 16.9. The van der Waals surface area contributed by atoms with Crippen LogP contribution in [0, 0.1) is 0 Å². The molecule has 0 aliphatic carbocycles. The number of hydrogen-bond donors (Lipinski definition) is 2. The highest BCUT2D eigenvalue weighted by Crippen LogP contribution is 2.23. The molecule has 1 saturated heterocycles. The molecular weight excluding hydrogens is 422 g/mol. The van der Waals surface area contributed by atoms with Crippen LogP contribution >= 0.6 is 23.4 Å². The van der Waals surface area contributed by atoms with Crippen molar-refractivity contribution in [2.24, 2.45) is 0 Å². The summed E-state index contributed by atoms with van der Waals surface area (Å²) in [4.78, 5) is 28.0. The van der Waals surface area contributed by atoms with E-state index in [-0.39, 0.29) is 11.8 Å². The van der Waals surface area contributed by atoms with Crippen LogP contribution < -0.4 is 10.6 Å². The third-order valence-electron chi connectivity index (χ3n) is 4.84. The predicted octanol–water partition coefficient (Wildman–Crippen LogP) is 3.65. The maximum atomic E-state index is 12.5. The summed E-state index contributed by atoms with van der Waals surface area (Å²) in [5.41, 5.74) is 2.07. The summed E-state index contributed by atoms with van der Waals surface area (Å²) in [5, 5.41) is 6.25. The van der Waals surface area contributed by atoms with E-state index < -0.39 is 0 Å². The number of carbonyl (C=O) groups excluding carboxylic acids is 2. The number of amides is 2. The summed E-state index contributed by atoms with van der Waals surface area (Å²) in [5.74, 6) is -0.251. The second-order valence-electron chi connectivity index (χ2n) is 6.98. The molecule has 0 bridgehead atoms. The molecule has 0 radical (unpaired) electrons. The lowest BCUT2D eigenvalue weighted by atomic mass is 10.1. The molecule has 0 atom stereocenters. The van der Waals surface area contributed by atoms with Gasteiger partial charge in [0, 0.05) is 43.2 Å². The van der Waals surface area contributed by atoms with Crippen LogP contribution in [0.2, 0.25) is 5.02 Å². The SMILES string of the molecule is CSc1ccc(Cl)c(C(=O)NCc2cccc(NC(=O)CCN3CCOCC3)c2)c1. The van der Waals surface area contributed by atoms with Crippen molar-refractivity contribution in [3.63, 3.8) is 0 Å². The van der Waals surface area contributed by atoms with Gasteiger partial charge in [-0.1, -0.05) is 23.7 Å². The molecule has 1 heterocycles. The normalized spacial score (nSPS) is 14.3. The Hall–Kier alpha value is -2.06. The third-order valence-corrected chi connectivity index (χ3v) is 5.90. The topological polar surface area (TPSA) is 70.7 Å². The van der Waals surface area contributed by atoms with Crippen LogP contribution in [0.25, 0.3) is 0 Å². The number of nitrogens with zero attached hydrogens (tertiary/aromatic N) is 1. The minimum absolute atomic E-state index is 0.0247. The van der Waals surface area contributed by atoms with Gasteiger partial charge in [0.05, 0.1) is 23.8 Å². The van der Waals surface area contributed by atoms with Gasteiger partial charge in [0.2, 0.25) is 5.91 Å². The number of halogens is 1. The number of rotatable bonds is 8. The van der Waals surface area contributed by atoms with Gasteiger partial charge >= 0.3 is 0 Å². The van der Waals surface area contributed by atoms with Crippen LogP contribution in [-0.2, 0) is 16.1 Å². The number of nitrogens with one attached hydrogen (secondary N) is 2. The van der Waals surface area contributed by atoms with E-state index in [1.54, 1.807) is 23.9 Å². The number of anilines is 1. The monoisotopic (exact) mass is 447 g/mol. The molecule has 2 amide bonds. The van der Waals surface area contributed by atoms with Crippen LogP contribution in [0.15, 0.2) is 47.4 Å². The molecule has 2 aromatic carbocycles. The standard InChI is InChI=1S/C22H26ClN3O3S/c1-30-18-5-6-20(23)19(14-18)22(28)24-15-16-3-2-4-17(13-16)25-21(27)7-8-26-9-11-29-12-10-26/h2-6,13-14H,7-12,15H2,1H3,(H,24,28)(H,25,27). The highest BCUT2D eigenvalue weighted by Gasteiger charge is 2.13. The molecule has 30 heavy (non-hydrogen) atoms. The summed E-state index contributed by atoms with van der Waals surface area (Å²) in [6.07, 6.45) is 2.39. The fourth-order valence-corrected chi connectivity index (χ4v) is 3.79. The van der Waals surface area contributed by atoms with Gasteiger partial charge in [-0.2, -0.15) is 0 Å². The quantitative estimate of drug-likeness (QED) is 0.604. The van der Waals surface area contributed by atoms with Gasteiger partial charge in [-0.25, -0.2) is 0 Å². The maximum Gasteiger partial charge on any atom is 0.253 e. The van der Waals surface area contributed by atoms with Gasteiger partial charge in [0.15, 0.2) is 0 Å². The highest BCUT2D eigenvalue weighted by atomic mass is 35.5. The summed E-state index contributed by atoms with van der Waals surface area (Å²) >= 11 is 7.73. The Morgan fingerprint density at radius 2 is 1.97 bits per heavy atom. The predicted molar refractivity (Wildman–Crippen MR) is 121 cm³/mol. The van der Waals surface area contributed by atoms with E-state index in [9.17, 15) is 9.59 Å². The summed E-state index contributed by atoms with van der Waals surface area (Å²) in [7, 11) is 0. The molecule has 1 fully saturated rings. The first-order valence-corrected chi connectivity index (χ1v) is 11.5. The molecule has 1 aliphatic rings. The Balaban J connectivity index is 1.51. The molecule has 160 valence electrons. The molecule has 0 unspecified atom stereocenters. The van der Waals surface area contributed by atoms with Gasteiger partial charge in [-0.15, -0.1) is 11.8 Å². The smallest absolute Gasteiger partial charge is 0.253 e. The van der Waals surface area contributed by atoms with Gasteiger partial charge in [-0.3, -0.25) is 14.5 Å². The number of hydrogen-bond acceptors (Lipinski definition) is 5. The van der Waals surface area contributed by atoms with E-state index in [1.807, 2.05) is 36.6 Å². The van der Waals surface area contributed by atoms with Crippen molar-refractivity contribution in [3.8, 4) is 0 Å². The maximum absolute atomic E-state index is 12.5. The molecule has 2 N–H and O–H groups in total. The highest BCUT2D eigenvalue weighted by molar-refractivity contribution is 7.98. The first-order valence-electron chi connectivity index (χ1n) is 9.86. The summed E-state index contributed by atoms with van der Waals surface area (Å²) in [6, 6.07) is 12.9. The van der Waals surface area contributed by atoms with E-state index in [2.05, 4.69) is 15.5 Å². The molecule has 0 aromatic heterocycles. The van der Waals surface area contributed by atoms with E-state index >= 15 is 0 Å². The molecule has 0 saturated carbocycles. The average Bonchev–Trinajstić information content (AvgIpc) is 2.77. The molecule has 3 rings (SSSR count). The number of thioether (sulfide) groups is 1. The Kier molecular flexibility index (Phi) is 8.57. The molecule has 6 nitrogen and oxygen atoms in total. The third kappa shape index (κ3) is 6.74. The minimum Gasteiger partial charge on any atom is -0.379 e. The van der Waals surface area contributed by atoms with E-state index in [4.69, 9.17) is 16.3 Å². The number of benzene rings is 2. The molecule has 8 heteroatoms. The second-order valence-corrected chi connectivity index (χ2v) is 8.27. The van der Waals surface area contributed by atoms with Crippen molar-refractivity contribution in [2.45, 2.75) is 17.9 Å². The summed E-state index contributed by atoms with van der Waals surface area (Å²) in [6.45, 7) is 4.25.